The third kappa shape index (κ3) is 1.93. The average molecular weight is 227 g/mol. The fourth-order valence-electron chi connectivity index (χ4n) is 2.27. The maximum atomic E-state index is 12.1. The van der Waals surface area contributed by atoms with Crippen LogP contribution >= 0.6 is 0 Å². The van der Waals surface area contributed by atoms with Crippen molar-refractivity contribution in [1.82, 2.24) is 4.90 Å². The van der Waals surface area contributed by atoms with Crippen LogP contribution in [0.5, 0.6) is 0 Å². The fraction of sp³-hybridized carbons (Fsp3) is 0.833. The first kappa shape index (κ1) is 13.0. The Morgan fingerprint density at radius 3 is 2.19 bits per heavy atom. The molecule has 0 aromatic carbocycles. The highest BCUT2D eigenvalue weighted by atomic mass is 16.4. The van der Waals surface area contributed by atoms with Gasteiger partial charge in [-0.25, -0.2) is 0 Å². The zero-order valence-electron chi connectivity index (χ0n) is 10.7. The molecule has 1 fully saturated rings. The molecule has 0 aromatic heterocycles. The summed E-state index contributed by atoms with van der Waals surface area (Å²) in [6, 6.07) is 0.165. The van der Waals surface area contributed by atoms with Crippen LogP contribution in [0.1, 0.15) is 34.1 Å². The number of hydrogen-bond donors (Lipinski definition) is 1. The van der Waals surface area contributed by atoms with Crippen molar-refractivity contribution in [2.45, 2.75) is 40.2 Å². The number of aliphatic carboxylic acids is 1. The van der Waals surface area contributed by atoms with Gasteiger partial charge in [0.05, 0.1) is 11.8 Å². The summed E-state index contributed by atoms with van der Waals surface area (Å²) in [6.07, 6.45) is 0.882. The number of amides is 1. The van der Waals surface area contributed by atoms with E-state index >= 15 is 0 Å². The minimum Gasteiger partial charge on any atom is -0.481 e. The molecule has 1 N–H and O–H groups in total. The summed E-state index contributed by atoms with van der Waals surface area (Å²) < 4.78 is 0. The molecule has 0 aliphatic heterocycles. The van der Waals surface area contributed by atoms with Crippen LogP contribution in [0.15, 0.2) is 0 Å². The third-order valence-corrected chi connectivity index (χ3v) is 3.96. The van der Waals surface area contributed by atoms with Gasteiger partial charge < -0.3 is 10.0 Å². The number of carboxylic acid groups (broad SMARTS) is 1. The molecule has 1 amide bonds. The number of nitrogens with zero attached hydrogens (tertiary/aromatic N) is 1. The van der Waals surface area contributed by atoms with Crippen molar-refractivity contribution in [1.29, 1.82) is 0 Å². The van der Waals surface area contributed by atoms with Crippen molar-refractivity contribution >= 4 is 11.9 Å². The number of rotatable bonds is 4. The highest BCUT2D eigenvalue weighted by molar-refractivity contribution is 5.91. The maximum absolute atomic E-state index is 12.1. The van der Waals surface area contributed by atoms with Crippen molar-refractivity contribution in [3.05, 3.63) is 0 Å². The molecule has 92 valence electrons. The van der Waals surface area contributed by atoms with Gasteiger partial charge >= 0.3 is 5.97 Å². The van der Waals surface area contributed by atoms with Crippen molar-refractivity contribution in [3.63, 3.8) is 0 Å². The topological polar surface area (TPSA) is 57.6 Å². The highest BCUT2D eigenvalue weighted by Gasteiger charge is 2.66. The van der Waals surface area contributed by atoms with E-state index in [0.29, 0.717) is 0 Å². The van der Waals surface area contributed by atoms with E-state index in [1.807, 2.05) is 27.7 Å². The van der Waals surface area contributed by atoms with Gasteiger partial charge in [0, 0.05) is 13.1 Å². The quantitative estimate of drug-likeness (QED) is 0.793. The zero-order valence-corrected chi connectivity index (χ0v) is 10.7. The first-order valence-corrected chi connectivity index (χ1v) is 5.74. The Morgan fingerprint density at radius 1 is 1.38 bits per heavy atom. The van der Waals surface area contributed by atoms with Crippen LogP contribution in [0, 0.1) is 17.3 Å². The van der Waals surface area contributed by atoms with Gasteiger partial charge in [0.2, 0.25) is 5.91 Å². The summed E-state index contributed by atoms with van der Waals surface area (Å²) in [6.45, 7) is 7.68. The third-order valence-electron chi connectivity index (χ3n) is 3.96. The highest BCUT2D eigenvalue weighted by Crippen LogP contribution is 2.59. The predicted octanol–water partition coefficient (Wildman–Crippen LogP) is 1.60. The second kappa shape index (κ2) is 4.07. The van der Waals surface area contributed by atoms with Crippen molar-refractivity contribution in [3.8, 4) is 0 Å². The van der Waals surface area contributed by atoms with E-state index in [2.05, 4.69) is 0 Å². The smallest absolute Gasteiger partial charge is 0.307 e. The molecular formula is C12H21NO3. The van der Waals surface area contributed by atoms with E-state index < -0.39 is 17.3 Å². The lowest BCUT2D eigenvalue weighted by atomic mass is 10.1. The van der Waals surface area contributed by atoms with Gasteiger partial charge in [-0.3, -0.25) is 9.59 Å². The van der Waals surface area contributed by atoms with Crippen LogP contribution in [0.25, 0.3) is 0 Å². The first-order valence-electron chi connectivity index (χ1n) is 5.74. The molecule has 0 bridgehead atoms. The summed E-state index contributed by atoms with van der Waals surface area (Å²) >= 11 is 0. The van der Waals surface area contributed by atoms with Gasteiger partial charge in [-0.1, -0.05) is 20.8 Å². The van der Waals surface area contributed by atoms with Gasteiger partial charge in [0.25, 0.3) is 0 Å². The van der Waals surface area contributed by atoms with Gasteiger partial charge in [-0.2, -0.15) is 0 Å². The second-order valence-corrected chi connectivity index (χ2v) is 5.32. The molecule has 0 radical (unpaired) electrons. The molecule has 1 rings (SSSR count). The van der Waals surface area contributed by atoms with Crippen LogP contribution < -0.4 is 0 Å². The Balaban J connectivity index is 2.74. The summed E-state index contributed by atoms with van der Waals surface area (Å²) in [5.74, 6) is -1.77. The van der Waals surface area contributed by atoms with Gasteiger partial charge in [-0.05, 0) is 18.8 Å². The molecule has 3 atom stereocenters. The molecule has 4 heteroatoms. The van der Waals surface area contributed by atoms with Gasteiger partial charge in [0.1, 0.15) is 0 Å². The minimum absolute atomic E-state index is 0.0354. The summed E-state index contributed by atoms with van der Waals surface area (Å²) in [7, 11) is 1.75. The minimum atomic E-state index is -0.860. The molecule has 1 aliphatic carbocycles. The molecule has 0 saturated heterocycles. The van der Waals surface area contributed by atoms with E-state index in [0.717, 1.165) is 6.42 Å². The Kier molecular flexibility index (Phi) is 3.31. The Labute approximate surface area is 96.6 Å². The Morgan fingerprint density at radius 2 is 1.88 bits per heavy atom. The van der Waals surface area contributed by atoms with E-state index in [9.17, 15) is 9.59 Å². The van der Waals surface area contributed by atoms with E-state index in [1.54, 1.807) is 11.9 Å². The van der Waals surface area contributed by atoms with E-state index in [-0.39, 0.29) is 17.9 Å². The number of carboxylic acids is 1. The number of carbonyl (C=O) groups is 2. The van der Waals surface area contributed by atoms with Crippen LogP contribution in [0.4, 0.5) is 0 Å². The SMILES string of the molecule is CCC(C)N(C)C(=O)C1C(C(=O)O)C1(C)C. The lowest BCUT2D eigenvalue weighted by molar-refractivity contribution is -0.142. The zero-order chi connectivity index (χ0) is 12.7. The molecule has 1 saturated carbocycles. The van der Waals surface area contributed by atoms with E-state index in [1.165, 1.54) is 0 Å². The molecule has 0 aromatic rings. The second-order valence-electron chi connectivity index (χ2n) is 5.32. The van der Waals surface area contributed by atoms with Gasteiger partial charge in [0.15, 0.2) is 0 Å². The monoisotopic (exact) mass is 227 g/mol. The molecule has 3 unspecified atom stereocenters. The van der Waals surface area contributed by atoms with E-state index in [4.69, 9.17) is 5.11 Å². The summed E-state index contributed by atoms with van der Waals surface area (Å²) in [5, 5.41) is 9.02. The van der Waals surface area contributed by atoms with Gasteiger partial charge in [-0.15, -0.1) is 0 Å². The maximum Gasteiger partial charge on any atom is 0.307 e. The molecule has 0 heterocycles. The summed E-state index contributed by atoms with van der Waals surface area (Å²) in [5.41, 5.74) is -0.398. The summed E-state index contributed by atoms with van der Waals surface area (Å²) in [4.78, 5) is 24.8. The molecule has 0 spiro atoms. The molecule has 1 aliphatic rings. The van der Waals surface area contributed by atoms with Crippen molar-refractivity contribution in [2.75, 3.05) is 7.05 Å². The molecule has 4 nitrogen and oxygen atoms in total. The molecule has 16 heavy (non-hydrogen) atoms. The largest absolute Gasteiger partial charge is 0.481 e. The van der Waals surface area contributed by atoms with Crippen LogP contribution in [0.3, 0.4) is 0 Å². The normalized spacial score (nSPS) is 28.3. The Bertz CT molecular complexity index is 311. The lowest BCUT2D eigenvalue weighted by Crippen LogP contribution is -2.36. The number of carbonyl (C=O) groups excluding carboxylic acids is 1. The molecular weight excluding hydrogens is 206 g/mol. The standard InChI is InChI=1S/C12H21NO3/c1-6-7(2)13(5)10(14)8-9(11(15)16)12(8,3)4/h7-9H,6H2,1-5H3,(H,15,16). The van der Waals surface area contributed by atoms with Crippen LogP contribution in [0.2, 0.25) is 0 Å². The Hall–Kier alpha value is -1.06. The average Bonchev–Trinajstić information content (AvgIpc) is 2.78. The predicted molar refractivity (Wildman–Crippen MR) is 60.9 cm³/mol. The van der Waals surface area contributed by atoms with Crippen LogP contribution in [-0.4, -0.2) is 35.0 Å². The lowest BCUT2D eigenvalue weighted by Gasteiger charge is -2.24. The van der Waals surface area contributed by atoms with Crippen molar-refractivity contribution in [2.24, 2.45) is 17.3 Å². The van der Waals surface area contributed by atoms with Crippen molar-refractivity contribution < 1.29 is 14.7 Å². The first-order chi connectivity index (χ1) is 7.25. The fourth-order valence-corrected chi connectivity index (χ4v) is 2.27. The number of hydrogen-bond acceptors (Lipinski definition) is 2. The van der Waals surface area contributed by atoms with Crippen LogP contribution in [-0.2, 0) is 9.59 Å².